The molecule has 1 fully saturated rings. The second kappa shape index (κ2) is 9.77. The van der Waals surface area contributed by atoms with Crippen molar-refractivity contribution in [3.05, 3.63) is 40.9 Å². The first-order chi connectivity index (χ1) is 15.8. The molecule has 0 unspecified atom stereocenters. The van der Waals surface area contributed by atoms with Gasteiger partial charge in [0.05, 0.1) is 58.5 Å². The highest BCUT2D eigenvalue weighted by Crippen LogP contribution is 2.38. The maximum Gasteiger partial charge on any atom is 0.417 e. The minimum atomic E-state index is -4.75. The van der Waals surface area contributed by atoms with Crippen LogP contribution >= 0.6 is 23.1 Å². The largest absolute Gasteiger partial charge is 0.417 e. The van der Waals surface area contributed by atoms with Crippen molar-refractivity contribution in [3.8, 4) is 16.6 Å². The Hall–Kier alpha value is -3.15. The minimum absolute atomic E-state index is 0.0730. The first-order valence-electron chi connectivity index (χ1n) is 9.55. The van der Waals surface area contributed by atoms with Gasteiger partial charge in [-0.1, -0.05) is 17.8 Å². The van der Waals surface area contributed by atoms with Crippen LogP contribution in [0.3, 0.4) is 0 Å². The van der Waals surface area contributed by atoms with Crippen LogP contribution in [0.5, 0.6) is 0 Å². The molecule has 0 spiro atoms. The molecule has 33 heavy (non-hydrogen) atoms. The van der Waals surface area contributed by atoms with Gasteiger partial charge in [-0.05, 0) is 17.5 Å². The van der Waals surface area contributed by atoms with E-state index >= 15 is 0 Å². The SMILES string of the molecule is N#Cc1c(C(F)(F)F)cc(-c2cccs2)nc1SCC(=O)Nc1c[n+](N2CCOCC2)no1. The first kappa shape index (κ1) is 23.0. The summed E-state index contributed by atoms with van der Waals surface area (Å²) in [7, 11) is 0. The Labute approximate surface area is 193 Å². The van der Waals surface area contributed by atoms with Crippen molar-refractivity contribution in [2.45, 2.75) is 11.2 Å². The van der Waals surface area contributed by atoms with Crippen LogP contribution in [0, 0.1) is 11.3 Å². The highest BCUT2D eigenvalue weighted by Gasteiger charge is 2.36. The molecular weight excluding hydrogens is 481 g/mol. The predicted octanol–water partition coefficient (Wildman–Crippen LogP) is 2.68. The highest BCUT2D eigenvalue weighted by atomic mass is 32.2. The normalized spacial score (nSPS) is 14.2. The molecule has 3 aromatic rings. The third-order valence-corrected chi connectivity index (χ3v) is 6.38. The van der Waals surface area contributed by atoms with Crippen LogP contribution in [-0.4, -0.2) is 48.2 Å². The quantitative estimate of drug-likeness (QED) is 0.409. The Kier molecular flexibility index (Phi) is 6.82. The lowest BCUT2D eigenvalue weighted by Gasteiger charge is -2.18. The molecule has 0 radical (unpaired) electrons. The van der Waals surface area contributed by atoms with E-state index in [1.807, 2.05) is 5.01 Å². The van der Waals surface area contributed by atoms with Gasteiger partial charge in [0.25, 0.3) is 6.20 Å². The molecule has 1 saturated heterocycles. The van der Waals surface area contributed by atoms with Crippen LogP contribution in [0.1, 0.15) is 11.1 Å². The summed E-state index contributed by atoms with van der Waals surface area (Å²) in [5.74, 6) is -0.764. The number of aromatic nitrogens is 3. The Morgan fingerprint density at radius 2 is 2.18 bits per heavy atom. The number of halogens is 3. The number of amides is 1. The Morgan fingerprint density at radius 3 is 2.85 bits per heavy atom. The Morgan fingerprint density at radius 1 is 1.39 bits per heavy atom. The minimum Gasteiger partial charge on any atom is -0.377 e. The lowest BCUT2D eigenvalue weighted by atomic mass is 10.1. The third-order valence-electron chi connectivity index (χ3n) is 4.51. The number of ether oxygens (including phenoxy) is 1. The number of nitriles is 1. The second-order valence-corrected chi connectivity index (χ2v) is 8.62. The number of anilines is 1. The molecule has 1 N–H and O–H groups in total. The molecule has 0 aliphatic carbocycles. The van der Waals surface area contributed by atoms with Gasteiger partial charge < -0.3 is 4.74 Å². The maximum atomic E-state index is 13.6. The molecule has 0 aromatic carbocycles. The van der Waals surface area contributed by atoms with Gasteiger partial charge in [0, 0.05) is 0 Å². The van der Waals surface area contributed by atoms with Crippen LogP contribution in [0.15, 0.2) is 39.3 Å². The Bertz CT molecular complexity index is 1170. The summed E-state index contributed by atoms with van der Waals surface area (Å²) in [6.07, 6.45) is -3.27. The molecule has 172 valence electrons. The summed E-state index contributed by atoms with van der Waals surface area (Å²) in [5, 5.41) is 19.1. The average molecular weight is 498 g/mol. The van der Waals surface area contributed by atoms with Crippen molar-refractivity contribution in [2.24, 2.45) is 0 Å². The van der Waals surface area contributed by atoms with Gasteiger partial charge in [0.2, 0.25) is 11.2 Å². The summed E-state index contributed by atoms with van der Waals surface area (Å²) < 4.78 is 51.1. The van der Waals surface area contributed by atoms with Crippen molar-refractivity contribution < 1.29 is 32.0 Å². The van der Waals surface area contributed by atoms with Gasteiger partial charge >= 0.3 is 12.1 Å². The van der Waals surface area contributed by atoms with Crippen molar-refractivity contribution in [2.75, 3.05) is 42.4 Å². The van der Waals surface area contributed by atoms with Gasteiger partial charge in [-0.25, -0.2) is 4.98 Å². The van der Waals surface area contributed by atoms with Crippen LogP contribution < -0.4 is 15.1 Å². The second-order valence-electron chi connectivity index (χ2n) is 6.71. The number of carbonyl (C=O) groups is 1. The maximum absolute atomic E-state index is 13.6. The third kappa shape index (κ3) is 5.44. The topological polar surface area (TPSA) is 108 Å². The van der Waals surface area contributed by atoms with Crippen LogP contribution in [0.25, 0.3) is 10.6 Å². The molecule has 0 bridgehead atoms. The molecule has 4 heterocycles. The summed E-state index contributed by atoms with van der Waals surface area (Å²) in [6.45, 7) is 2.28. The van der Waals surface area contributed by atoms with E-state index in [0.717, 1.165) is 17.8 Å². The van der Waals surface area contributed by atoms with Crippen molar-refractivity contribution in [1.29, 1.82) is 5.26 Å². The highest BCUT2D eigenvalue weighted by molar-refractivity contribution is 8.00. The molecule has 3 aromatic heterocycles. The molecule has 1 aliphatic heterocycles. The van der Waals surface area contributed by atoms with Crippen molar-refractivity contribution >= 4 is 34.9 Å². The van der Waals surface area contributed by atoms with Crippen molar-refractivity contribution in [3.63, 3.8) is 0 Å². The number of hydrogen-bond donors (Lipinski definition) is 1. The molecular formula is C19H16F3N6O3S2+. The zero-order valence-electron chi connectivity index (χ0n) is 16.8. The fourth-order valence-corrected chi connectivity index (χ4v) is 4.49. The average Bonchev–Trinajstić information content (AvgIpc) is 3.49. The van der Waals surface area contributed by atoms with Gasteiger partial charge in [0.1, 0.15) is 11.1 Å². The molecule has 14 heteroatoms. The van der Waals surface area contributed by atoms with E-state index < -0.39 is 23.2 Å². The molecule has 9 nitrogen and oxygen atoms in total. The summed E-state index contributed by atoms with van der Waals surface area (Å²) >= 11 is 1.96. The molecule has 0 atom stereocenters. The molecule has 1 aliphatic rings. The summed E-state index contributed by atoms with van der Waals surface area (Å²) in [6, 6.07) is 5.75. The number of alkyl halides is 3. The van der Waals surface area contributed by atoms with Crippen molar-refractivity contribution in [1.82, 2.24) is 10.3 Å². The van der Waals surface area contributed by atoms with E-state index in [9.17, 15) is 23.2 Å². The number of hydrogen-bond acceptors (Lipinski definition) is 9. The fourth-order valence-electron chi connectivity index (χ4n) is 3.00. The number of thiophene rings is 1. The van der Waals surface area contributed by atoms with Crippen LogP contribution in [-0.2, 0) is 15.7 Å². The van der Waals surface area contributed by atoms with E-state index in [0.29, 0.717) is 31.2 Å². The smallest absolute Gasteiger partial charge is 0.377 e. The summed E-state index contributed by atoms with van der Waals surface area (Å²) in [5.41, 5.74) is -1.63. The van der Waals surface area contributed by atoms with E-state index in [-0.39, 0.29) is 22.4 Å². The summed E-state index contributed by atoms with van der Waals surface area (Å²) in [4.78, 5) is 18.6. The van der Waals surface area contributed by atoms with Gasteiger partial charge in [0.15, 0.2) is 0 Å². The zero-order valence-corrected chi connectivity index (χ0v) is 18.5. The number of rotatable bonds is 6. The first-order valence-corrected chi connectivity index (χ1v) is 11.4. The number of nitrogens with one attached hydrogen (secondary N) is 1. The monoisotopic (exact) mass is 497 g/mol. The fraction of sp³-hybridized carbons (Fsp3) is 0.316. The lowest BCUT2D eigenvalue weighted by Crippen LogP contribution is -2.62. The van der Waals surface area contributed by atoms with E-state index in [4.69, 9.17) is 9.26 Å². The lowest BCUT2D eigenvalue weighted by molar-refractivity contribution is -0.759. The Balaban J connectivity index is 1.49. The van der Waals surface area contributed by atoms with Gasteiger partial charge in [-0.3, -0.25) is 14.6 Å². The van der Waals surface area contributed by atoms with Crippen LogP contribution in [0.2, 0.25) is 0 Å². The van der Waals surface area contributed by atoms with E-state index in [1.54, 1.807) is 23.6 Å². The van der Waals surface area contributed by atoms with Gasteiger partial charge in [-0.15, -0.1) is 16.3 Å². The molecule has 0 saturated carbocycles. The molecule has 4 rings (SSSR count). The number of pyridine rings is 1. The van der Waals surface area contributed by atoms with E-state index in [2.05, 4.69) is 15.6 Å². The van der Waals surface area contributed by atoms with E-state index in [1.165, 1.54) is 22.3 Å². The van der Waals surface area contributed by atoms with Crippen LogP contribution in [0.4, 0.5) is 19.1 Å². The standard InChI is InChI=1S/C19H15F3N6O3S2/c20-19(21,22)13-8-14(15-2-1-7-32-15)24-18(12(13)9-23)33-11-16(29)25-17-10-28(26-31-17)27-3-5-30-6-4-27/h1-2,7-8,10H,3-6,11H2/p+1. The molecule has 1 amide bonds. The predicted molar refractivity (Wildman–Crippen MR) is 112 cm³/mol. The number of carbonyl (C=O) groups excluding carboxylic acids is 1. The number of nitrogens with zero attached hydrogens (tertiary/aromatic N) is 5. The number of morpholine rings is 1. The zero-order chi connectivity index (χ0) is 23.4. The number of thioether (sulfide) groups is 1. The van der Waals surface area contributed by atoms with Gasteiger partial charge in [-0.2, -0.15) is 18.4 Å².